The first-order valence-electron chi connectivity index (χ1n) is 11.9. The Morgan fingerprint density at radius 1 is 1.05 bits per heavy atom. The molecule has 1 fully saturated rings. The highest BCUT2D eigenvalue weighted by atomic mass is 35.5. The molecule has 0 saturated carbocycles. The molecular formula is C26H28Cl2F3NO6S. The molecule has 2 aromatic rings. The molecule has 0 bridgehead atoms. The van der Waals surface area contributed by atoms with Crippen molar-refractivity contribution in [3.05, 3.63) is 69.7 Å². The second-order valence-corrected chi connectivity index (χ2v) is 14.0. The third kappa shape index (κ3) is 7.65. The molecule has 39 heavy (non-hydrogen) atoms. The van der Waals surface area contributed by atoms with Crippen molar-refractivity contribution in [1.29, 1.82) is 0 Å². The fourth-order valence-electron chi connectivity index (χ4n) is 4.41. The zero-order chi connectivity index (χ0) is 29.3. The van der Waals surface area contributed by atoms with Crippen LogP contribution in [-0.4, -0.2) is 59.1 Å². The lowest BCUT2D eigenvalue weighted by molar-refractivity contribution is -0.191. The summed E-state index contributed by atoms with van der Waals surface area (Å²) in [6.45, 7) is 4.06. The normalized spacial score (nSPS) is 21.6. The largest absolute Gasteiger partial charge is 0.481 e. The minimum absolute atomic E-state index is 0.270. The monoisotopic (exact) mass is 609 g/mol. The van der Waals surface area contributed by atoms with E-state index in [2.05, 4.69) is 0 Å². The van der Waals surface area contributed by atoms with Crippen LogP contribution >= 0.6 is 23.2 Å². The highest BCUT2D eigenvalue weighted by Gasteiger charge is 2.51. The van der Waals surface area contributed by atoms with Gasteiger partial charge in [-0.05, 0) is 56.2 Å². The summed E-state index contributed by atoms with van der Waals surface area (Å²) in [4.78, 5) is 26.2. The lowest BCUT2D eigenvalue weighted by Gasteiger charge is -2.48. The Kier molecular flexibility index (Phi) is 9.31. The van der Waals surface area contributed by atoms with Gasteiger partial charge in [0.25, 0.3) is 5.91 Å². The maximum absolute atomic E-state index is 13.9. The van der Waals surface area contributed by atoms with Crippen molar-refractivity contribution in [3.8, 4) is 0 Å². The van der Waals surface area contributed by atoms with Gasteiger partial charge in [0.05, 0.1) is 35.4 Å². The van der Waals surface area contributed by atoms with Gasteiger partial charge < -0.3 is 14.7 Å². The number of nitrogens with zero attached hydrogens (tertiary/aromatic N) is 1. The standard InChI is InChI=1S/C26H28Cl2F3NO6S/c1-25(2,3)39(36,37)14-19(13-26(29,30)31)32-22(15-7-9-17(27)10-8-15)23(16-5-4-6-18(28)11-16)38-20(24(32)35)12-21(33)34/h4-11,19-20,22-23H,12-14H2,1-3H3,(H,33,34)/t19-,20+,22-,23-/m1/s1. The lowest BCUT2D eigenvalue weighted by Crippen LogP contribution is -2.58. The number of aliphatic carboxylic acids is 1. The molecule has 0 aromatic heterocycles. The van der Waals surface area contributed by atoms with Crippen LogP contribution in [0.25, 0.3) is 0 Å². The van der Waals surface area contributed by atoms with Gasteiger partial charge in [0.15, 0.2) is 9.84 Å². The number of carbonyl (C=O) groups excluding carboxylic acids is 1. The van der Waals surface area contributed by atoms with Gasteiger partial charge in [0.1, 0.15) is 12.2 Å². The number of hydrogen-bond donors (Lipinski definition) is 1. The van der Waals surface area contributed by atoms with Gasteiger partial charge in [-0.3, -0.25) is 9.59 Å². The molecule has 4 atom stereocenters. The van der Waals surface area contributed by atoms with E-state index in [1.54, 1.807) is 18.2 Å². The topological polar surface area (TPSA) is 101 Å². The van der Waals surface area contributed by atoms with Gasteiger partial charge >= 0.3 is 12.1 Å². The molecule has 2 aromatic carbocycles. The van der Waals surface area contributed by atoms with Crippen LogP contribution in [0.2, 0.25) is 10.0 Å². The Bertz CT molecular complexity index is 1310. The van der Waals surface area contributed by atoms with E-state index in [0.29, 0.717) is 16.1 Å². The summed E-state index contributed by atoms with van der Waals surface area (Å²) in [5.41, 5.74) is 0.673. The molecule has 3 rings (SSSR count). The van der Waals surface area contributed by atoms with E-state index in [1.165, 1.54) is 51.1 Å². The van der Waals surface area contributed by atoms with Crippen LogP contribution in [0.15, 0.2) is 48.5 Å². The zero-order valence-corrected chi connectivity index (χ0v) is 23.6. The second kappa shape index (κ2) is 11.6. The Labute approximate surface area is 234 Å². The molecule has 1 amide bonds. The number of carbonyl (C=O) groups is 2. The van der Waals surface area contributed by atoms with E-state index in [0.717, 1.165) is 4.90 Å². The zero-order valence-electron chi connectivity index (χ0n) is 21.3. The number of hydrogen-bond acceptors (Lipinski definition) is 5. The summed E-state index contributed by atoms with van der Waals surface area (Å²) in [5, 5.41) is 10.0. The number of benzene rings is 2. The summed E-state index contributed by atoms with van der Waals surface area (Å²) < 4.78 is 72.7. The predicted octanol–water partition coefficient (Wildman–Crippen LogP) is 6.01. The molecule has 0 aliphatic carbocycles. The van der Waals surface area contributed by atoms with Crippen molar-refractivity contribution in [2.24, 2.45) is 0 Å². The summed E-state index contributed by atoms with van der Waals surface area (Å²) in [7, 11) is -4.18. The molecule has 1 aliphatic rings. The Balaban J connectivity index is 2.29. The number of alkyl halides is 3. The third-order valence-corrected chi connectivity index (χ3v) is 9.56. The van der Waals surface area contributed by atoms with Crippen LogP contribution in [0, 0.1) is 0 Å². The molecule has 1 N–H and O–H groups in total. The molecule has 0 radical (unpaired) electrons. The average molecular weight is 610 g/mol. The van der Waals surface area contributed by atoms with Crippen LogP contribution in [-0.2, 0) is 24.2 Å². The lowest BCUT2D eigenvalue weighted by atomic mass is 9.89. The molecule has 1 aliphatic heterocycles. The number of sulfone groups is 1. The number of amides is 1. The van der Waals surface area contributed by atoms with E-state index in [9.17, 15) is 36.3 Å². The van der Waals surface area contributed by atoms with Gasteiger partial charge in [0, 0.05) is 10.0 Å². The van der Waals surface area contributed by atoms with E-state index < -0.39 is 75.5 Å². The number of ether oxygens (including phenoxy) is 1. The summed E-state index contributed by atoms with van der Waals surface area (Å²) >= 11 is 12.2. The maximum atomic E-state index is 13.9. The second-order valence-electron chi connectivity index (χ2n) is 10.3. The van der Waals surface area contributed by atoms with E-state index in [4.69, 9.17) is 27.9 Å². The molecule has 1 saturated heterocycles. The molecule has 1 heterocycles. The fourth-order valence-corrected chi connectivity index (χ4v) is 6.02. The average Bonchev–Trinajstić information content (AvgIpc) is 2.78. The summed E-state index contributed by atoms with van der Waals surface area (Å²) in [6, 6.07) is 9.00. The van der Waals surface area contributed by atoms with Crippen LogP contribution in [0.3, 0.4) is 0 Å². The number of carboxylic acids is 1. The minimum atomic E-state index is -4.85. The molecule has 214 valence electrons. The maximum Gasteiger partial charge on any atom is 0.391 e. The molecule has 0 spiro atoms. The van der Waals surface area contributed by atoms with Crippen LogP contribution in [0.4, 0.5) is 13.2 Å². The van der Waals surface area contributed by atoms with Crippen molar-refractivity contribution >= 4 is 44.9 Å². The van der Waals surface area contributed by atoms with Crippen molar-refractivity contribution in [2.45, 2.75) is 68.8 Å². The van der Waals surface area contributed by atoms with Gasteiger partial charge in [-0.2, -0.15) is 13.2 Å². The number of halogens is 5. The predicted molar refractivity (Wildman–Crippen MR) is 140 cm³/mol. The first kappa shape index (κ1) is 31.2. The number of rotatable bonds is 8. The van der Waals surface area contributed by atoms with Gasteiger partial charge in [0.2, 0.25) is 0 Å². The van der Waals surface area contributed by atoms with Crippen molar-refractivity contribution in [3.63, 3.8) is 0 Å². The SMILES string of the molecule is CC(C)(C)S(=O)(=O)C[C@@H](CC(F)(F)F)N1C(=O)[C@H](CC(=O)O)O[C@H](c2cccc(Cl)c2)[C@H]1c1ccc(Cl)cc1. The number of carboxylic acid groups (broad SMARTS) is 1. The van der Waals surface area contributed by atoms with Gasteiger partial charge in [-0.15, -0.1) is 0 Å². The van der Waals surface area contributed by atoms with Crippen LogP contribution in [0.5, 0.6) is 0 Å². The van der Waals surface area contributed by atoms with E-state index in [-0.39, 0.29) is 5.02 Å². The summed E-state index contributed by atoms with van der Waals surface area (Å²) in [6.07, 6.45) is -10.2. The highest BCUT2D eigenvalue weighted by molar-refractivity contribution is 7.92. The molecule has 13 heteroatoms. The van der Waals surface area contributed by atoms with Crippen LogP contribution < -0.4 is 0 Å². The molecule has 7 nitrogen and oxygen atoms in total. The minimum Gasteiger partial charge on any atom is -0.481 e. The molecule has 0 unspecified atom stereocenters. The first-order valence-corrected chi connectivity index (χ1v) is 14.3. The Morgan fingerprint density at radius 3 is 2.18 bits per heavy atom. The Morgan fingerprint density at radius 2 is 1.67 bits per heavy atom. The van der Waals surface area contributed by atoms with Gasteiger partial charge in [-0.25, -0.2) is 8.42 Å². The Hall–Kier alpha value is -2.34. The van der Waals surface area contributed by atoms with Gasteiger partial charge in [-0.1, -0.05) is 47.5 Å². The first-order chi connectivity index (χ1) is 17.9. The van der Waals surface area contributed by atoms with Crippen molar-refractivity contribution in [2.75, 3.05) is 5.75 Å². The summed E-state index contributed by atoms with van der Waals surface area (Å²) in [5.74, 6) is -3.49. The smallest absolute Gasteiger partial charge is 0.391 e. The molecular weight excluding hydrogens is 582 g/mol. The highest BCUT2D eigenvalue weighted by Crippen LogP contribution is 2.46. The van der Waals surface area contributed by atoms with Crippen molar-refractivity contribution in [1.82, 2.24) is 4.90 Å². The quantitative estimate of drug-likeness (QED) is 0.393. The third-order valence-electron chi connectivity index (χ3n) is 6.38. The van der Waals surface area contributed by atoms with E-state index >= 15 is 0 Å². The van der Waals surface area contributed by atoms with Crippen molar-refractivity contribution < 1.29 is 41.0 Å². The van der Waals surface area contributed by atoms with E-state index in [1.807, 2.05) is 0 Å². The number of morpholine rings is 1. The van der Waals surface area contributed by atoms with Crippen LogP contribution in [0.1, 0.15) is 56.9 Å². The fraction of sp³-hybridized carbons (Fsp3) is 0.462.